The molecule has 0 aliphatic carbocycles. The molecule has 1 aromatic carbocycles. The van der Waals surface area contributed by atoms with Crippen LogP contribution in [-0.2, 0) is 0 Å². The molecule has 0 atom stereocenters. The van der Waals surface area contributed by atoms with Gasteiger partial charge in [0.2, 0.25) is 6.79 Å². The minimum absolute atomic E-state index is 0.198. The van der Waals surface area contributed by atoms with Crippen LogP contribution in [0.25, 0.3) is 0 Å². The number of fused-ring (bicyclic) bond motifs is 1. The minimum Gasteiger partial charge on any atom is -0.508 e. The SMILES string of the molecule is CCCN.Oc1ccc2c(c1)OCO2. The Balaban J connectivity index is 0.000000213. The molecule has 2 rings (SSSR count). The van der Waals surface area contributed by atoms with E-state index in [2.05, 4.69) is 6.92 Å². The quantitative estimate of drug-likeness (QED) is 0.715. The van der Waals surface area contributed by atoms with Crippen LogP contribution in [0.5, 0.6) is 17.2 Å². The van der Waals surface area contributed by atoms with Crippen molar-refractivity contribution in [3.63, 3.8) is 0 Å². The second-order valence-corrected chi connectivity index (χ2v) is 2.83. The summed E-state index contributed by atoms with van der Waals surface area (Å²) in [7, 11) is 0. The average molecular weight is 197 g/mol. The molecule has 0 fully saturated rings. The first-order valence-corrected chi connectivity index (χ1v) is 4.56. The fraction of sp³-hybridized carbons (Fsp3) is 0.400. The van der Waals surface area contributed by atoms with Gasteiger partial charge in [0.15, 0.2) is 11.5 Å². The molecule has 0 saturated carbocycles. The third-order valence-corrected chi connectivity index (χ3v) is 1.64. The zero-order chi connectivity index (χ0) is 10.4. The van der Waals surface area contributed by atoms with Crippen LogP contribution in [0.2, 0.25) is 0 Å². The van der Waals surface area contributed by atoms with Gasteiger partial charge in [0.05, 0.1) is 0 Å². The normalized spacial score (nSPS) is 11.9. The van der Waals surface area contributed by atoms with Crippen molar-refractivity contribution < 1.29 is 14.6 Å². The van der Waals surface area contributed by atoms with Crippen LogP contribution in [0.1, 0.15) is 13.3 Å². The molecule has 1 aliphatic rings. The second kappa shape index (κ2) is 5.34. The number of benzene rings is 1. The van der Waals surface area contributed by atoms with Gasteiger partial charge in [-0.15, -0.1) is 0 Å². The second-order valence-electron chi connectivity index (χ2n) is 2.83. The van der Waals surface area contributed by atoms with Crippen molar-refractivity contribution in [1.82, 2.24) is 0 Å². The van der Waals surface area contributed by atoms with E-state index in [0.717, 1.165) is 13.0 Å². The zero-order valence-electron chi connectivity index (χ0n) is 8.19. The van der Waals surface area contributed by atoms with E-state index in [-0.39, 0.29) is 12.5 Å². The standard InChI is InChI=1S/C7H6O3.C3H9N/c8-5-1-2-6-7(3-5)10-4-9-6;1-2-3-4/h1-3,8H,4H2;2-4H2,1H3. The van der Waals surface area contributed by atoms with Crippen molar-refractivity contribution in [2.24, 2.45) is 5.73 Å². The molecule has 0 saturated heterocycles. The van der Waals surface area contributed by atoms with Crippen molar-refractivity contribution in [2.75, 3.05) is 13.3 Å². The summed E-state index contributed by atoms with van der Waals surface area (Å²) in [6, 6.07) is 4.77. The van der Waals surface area contributed by atoms with Crippen LogP contribution in [-0.4, -0.2) is 18.4 Å². The predicted octanol–water partition coefficient (Wildman–Crippen LogP) is 1.48. The lowest BCUT2D eigenvalue weighted by molar-refractivity contribution is 0.174. The highest BCUT2D eigenvalue weighted by Gasteiger charge is 2.12. The number of aromatic hydroxyl groups is 1. The van der Waals surface area contributed by atoms with Crippen LogP contribution >= 0.6 is 0 Å². The summed E-state index contributed by atoms with van der Waals surface area (Å²) in [5.41, 5.74) is 5.03. The maximum atomic E-state index is 8.96. The molecule has 0 aromatic heterocycles. The van der Waals surface area contributed by atoms with E-state index in [0.29, 0.717) is 11.5 Å². The van der Waals surface area contributed by atoms with Crippen LogP contribution in [0.15, 0.2) is 18.2 Å². The van der Waals surface area contributed by atoms with Crippen molar-refractivity contribution in [1.29, 1.82) is 0 Å². The Kier molecular flexibility index (Phi) is 4.07. The molecule has 4 nitrogen and oxygen atoms in total. The molecule has 3 N–H and O–H groups in total. The topological polar surface area (TPSA) is 64.7 Å². The Hall–Kier alpha value is -1.42. The molecule has 0 bridgehead atoms. The predicted molar refractivity (Wildman–Crippen MR) is 53.6 cm³/mol. The number of rotatable bonds is 1. The summed E-state index contributed by atoms with van der Waals surface area (Å²) in [5, 5.41) is 8.96. The van der Waals surface area contributed by atoms with Gasteiger partial charge in [0.25, 0.3) is 0 Å². The van der Waals surface area contributed by atoms with Crippen LogP contribution in [0, 0.1) is 0 Å². The highest BCUT2D eigenvalue weighted by Crippen LogP contribution is 2.34. The van der Waals surface area contributed by atoms with Gasteiger partial charge in [-0.2, -0.15) is 0 Å². The van der Waals surface area contributed by atoms with E-state index < -0.39 is 0 Å². The number of ether oxygens (including phenoxy) is 2. The van der Waals surface area contributed by atoms with Gasteiger partial charge in [-0.3, -0.25) is 0 Å². The number of hydrogen-bond donors (Lipinski definition) is 2. The van der Waals surface area contributed by atoms with E-state index in [1.165, 1.54) is 6.07 Å². The Morgan fingerprint density at radius 2 is 2.00 bits per heavy atom. The van der Waals surface area contributed by atoms with Gasteiger partial charge in [0.1, 0.15) is 5.75 Å². The first-order valence-electron chi connectivity index (χ1n) is 4.56. The van der Waals surface area contributed by atoms with Crippen molar-refractivity contribution in [2.45, 2.75) is 13.3 Å². The van der Waals surface area contributed by atoms with Crippen LogP contribution in [0.4, 0.5) is 0 Å². The van der Waals surface area contributed by atoms with Gasteiger partial charge in [-0.25, -0.2) is 0 Å². The van der Waals surface area contributed by atoms with Gasteiger partial charge in [-0.05, 0) is 25.1 Å². The Morgan fingerprint density at radius 3 is 2.64 bits per heavy atom. The number of phenolic OH excluding ortho intramolecular Hbond substituents is 1. The Labute approximate surface area is 83.3 Å². The summed E-state index contributed by atoms with van der Waals surface area (Å²) in [6.45, 7) is 3.12. The molecule has 1 heterocycles. The van der Waals surface area contributed by atoms with E-state index >= 15 is 0 Å². The monoisotopic (exact) mass is 197 g/mol. The van der Waals surface area contributed by atoms with Gasteiger partial charge < -0.3 is 20.3 Å². The highest BCUT2D eigenvalue weighted by molar-refractivity contribution is 5.46. The summed E-state index contributed by atoms with van der Waals surface area (Å²) in [5.74, 6) is 1.50. The molecule has 1 aromatic rings. The highest BCUT2D eigenvalue weighted by atomic mass is 16.7. The fourth-order valence-corrected chi connectivity index (χ4v) is 0.885. The Morgan fingerprint density at radius 1 is 1.36 bits per heavy atom. The lowest BCUT2D eigenvalue weighted by Crippen LogP contribution is -1.93. The average Bonchev–Trinajstić information content (AvgIpc) is 2.65. The minimum atomic E-state index is 0.198. The molecule has 0 unspecified atom stereocenters. The largest absolute Gasteiger partial charge is 0.508 e. The van der Waals surface area contributed by atoms with E-state index in [1.54, 1.807) is 12.1 Å². The fourth-order valence-electron chi connectivity index (χ4n) is 0.885. The smallest absolute Gasteiger partial charge is 0.231 e. The molecule has 0 amide bonds. The molecule has 0 radical (unpaired) electrons. The first kappa shape index (κ1) is 10.7. The third kappa shape index (κ3) is 2.81. The first-order chi connectivity index (χ1) is 6.77. The molecule has 78 valence electrons. The number of phenols is 1. The zero-order valence-corrected chi connectivity index (χ0v) is 8.19. The number of nitrogens with two attached hydrogens (primary N) is 1. The number of hydrogen-bond acceptors (Lipinski definition) is 4. The van der Waals surface area contributed by atoms with Crippen molar-refractivity contribution >= 4 is 0 Å². The van der Waals surface area contributed by atoms with Crippen molar-refractivity contribution in [3.05, 3.63) is 18.2 Å². The van der Waals surface area contributed by atoms with Gasteiger partial charge >= 0.3 is 0 Å². The molecule has 14 heavy (non-hydrogen) atoms. The molecular formula is C10H15NO3. The molecule has 1 aliphatic heterocycles. The summed E-state index contributed by atoms with van der Waals surface area (Å²) in [4.78, 5) is 0. The maximum absolute atomic E-state index is 8.96. The lowest BCUT2D eigenvalue weighted by atomic mass is 10.3. The Bertz CT molecular complexity index is 287. The van der Waals surface area contributed by atoms with E-state index in [4.69, 9.17) is 20.3 Å². The molecule has 4 heteroatoms. The molecular weight excluding hydrogens is 182 g/mol. The van der Waals surface area contributed by atoms with Crippen LogP contribution in [0.3, 0.4) is 0 Å². The van der Waals surface area contributed by atoms with Crippen LogP contribution < -0.4 is 15.2 Å². The van der Waals surface area contributed by atoms with E-state index in [1.807, 2.05) is 0 Å². The van der Waals surface area contributed by atoms with Crippen molar-refractivity contribution in [3.8, 4) is 17.2 Å². The van der Waals surface area contributed by atoms with E-state index in [9.17, 15) is 0 Å². The van der Waals surface area contributed by atoms with Gasteiger partial charge in [0, 0.05) is 6.07 Å². The lowest BCUT2D eigenvalue weighted by Gasteiger charge is -1.93. The summed E-state index contributed by atoms with van der Waals surface area (Å²) >= 11 is 0. The molecule has 0 spiro atoms. The summed E-state index contributed by atoms with van der Waals surface area (Å²) < 4.78 is 10.0. The summed E-state index contributed by atoms with van der Waals surface area (Å²) in [6.07, 6.45) is 1.10. The maximum Gasteiger partial charge on any atom is 0.231 e. The third-order valence-electron chi connectivity index (χ3n) is 1.64. The van der Waals surface area contributed by atoms with Gasteiger partial charge in [-0.1, -0.05) is 6.92 Å².